The number of hydrogen-bond acceptors (Lipinski definition) is 6. The van der Waals surface area contributed by atoms with E-state index in [0.29, 0.717) is 11.5 Å². The number of anilines is 3. The van der Waals surface area contributed by atoms with Crippen LogP contribution in [0, 0.1) is 11.3 Å². The number of fused-ring (bicyclic) bond motifs is 1. The summed E-state index contributed by atoms with van der Waals surface area (Å²) < 4.78 is 0. The summed E-state index contributed by atoms with van der Waals surface area (Å²) in [4.78, 5) is 11.9. The molecule has 1 N–H and O–H groups in total. The lowest BCUT2D eigenvalue weighted by atomic mass is 10.2. The maximum atomic E-state index is 8.87. The predicted molar refractivity (Wildman–Crippen MR) is 86.2 cm³/mol. The number of hydrogen-bond donors (Lipinski definition) is 1. The smallest absolute Gasteiger partial charge is 0.225 e. The highest BCUT2D eigenvalue weighted by atomic mass is 32.1. The molecule has 21 heavy (non-hydrogen) atoms. The molecule has 3 aromatic rings. The lowest BCUT2D eigenvalue weighted by Crippen LogP contribution is -2.13. The molecule has 0 atom stereocenters. The van der Waals surface area contributed by atoms with Gasteiger partial charge >= 0.3 is 0 Å². The maximum Gasteiger partial charge on any atom is 0.225 e. The zero-order valence-corrected chi connectivity index (χ0v) is 12.5. The molecule has 2 heterocycles. The van der Waals surface area contributed by atoms with Crippen molar-refractivity contribution in [1.29, 1.82) is 5.26 Å². The quantitative estimate of drug-likeness (QED) is 0.802. The summed E-state index contributed by atoms with van der Waals surface area (Å²) in [6, 6.07) is 11.6. The molecule has 0 fully saturated rings. The monoisotopic (exact) mass is 295 g/mol. The summed E-state index contributed by atoms with van der Waals surface area (Å²) in [6.07, 6.45) is 0. The number of thiophene rings is 1. The van der Waals surface area contributed by atoms with Crippen LogP contribution in [0.5, 0.6) is 0 Å². The average molecular weight is 295 g/mol. The maximum absolute atomic E-state index is 8.87. The van der Waals surface area contributed by atoms with E-state index in [1.165, 1.54) is 0 Å². The van der Waals surface area contributed by atoms with E-state index in [4.69, 9.17) is 5.26 Å². The number of benzene rings is 1. The lowest BCUT2D eigenvalue weighted by Gasteiger charge is -2.19. The molecule has 2 aromatic heterocycles. The first-order chi connectivity index (χ1) is 10.2. The van der Waals surface area contributed by atoms with Crippen LogP contribution in [0.15, 0.2) is 35.7 Å². The van der Waals surface area contributed by atoms with Crippen LogP contribution in [0.3, 0.4) is 0 Å². The Morgan fingerprint density at radius 2 is 1.95 bits per heavy atom. The summed E-state index contributed by atoms with van der Waals surface area (Å²) in [7, 11) is 3.76. The lowest BCUT2D eigenvalue weighted by molar-refractivity contribution is 1.11. The highest BCUT2D eigenvalue weighted by Gasteiger charge is 2.13. The summed E-state index contributed by atoms with van der Waals surface area (Å²) in [5.41, 5.74) is 1.62. The fraction of sp³-hybridized carbons (Fsp3) is 0.133. The Hall–Kier alpha value is -2.65. The van der Waals surface area contributed by atoms with Crippen LogP contribution in [0.25, 0.3) is 10.2 Å². The number of nitrogens with one attached hydrogen (secondary N) is 1. The normalized spacial score (nSPS) is 10.3. The van der Waals surface area contributed by atoms with Gasteiger partial charge < -0.3 is 10.2 Å². The Morgan fingerprint density at radius 1 is 1.19 bits per heavy atom. The SMILES string of the molecule is CNc1nc(N(C)c2ccc(C#N)cc2)c2ccsc2n1. The molecular weight excluding hydrogens is 282 g/mol. The molecule has 1 aromatic carbocycles. The van der Waals surface area contributed by atoms with Gasteiger partial charge in [-0.3, -0.25) is 0 Å². The van der Waals surface area contributed by atoms with Gasteiger partial charge in [-0.1, -0.05) is 0 Å². The van der Waals surface area contributed by atoms with Crippen LogP contribution >= 0.6 is 11.3 Å². The predicted octanol–water partition coefficient (Wildman–Crippen LogP) is 3.37. The Bertz CT molecular complexity index is 816. The van der Waals surface area contributed by atoms with E-state index in [2.05, 4.69) is 21.4 Å². The zero-order chi connectivity index (χ0) is 14.8. The number of nitriles is 1. The van der Waals surface area contributed by atoms with E-state index < -0.39 is 0 Å². The van der Waals surface area contributed by atoms with E-state index in [1.807, 2.05) is 35.5 Å². The molecule has 6 heteroatoms. The van der Waals surface area contributed by atoms with Gasteiger partial charge in [-0.05, 0) is 35.7 Å². The molecule has 5 nitrogen and oxygen atoms in total. The van der Waals surface area contributed by atoms with Crippen molar-refractivity contribution in [2.75, 3.05) is 24.3 Å². The van der Waals surface area contributed by atoms with Crippen LogP contribution in [-0.4, -0.2) is 24.1 Å². The van der Waals surface area contributed by atoms with E-state index in [0.717, 1.165) is 21.7 Å². The fourth-order valence-electron chi connectivity index (χ4n) is 2.09. The molecule has 0 saturated carbocycles. The molecule has 0 unspecified atom stereocenters. The highest BCUT2D eigenvalue weighted by Crippen LogP contribution is 2.32. The first-order valence-electron chi connectivity index (χ1n) is 6.40. The van der Waals surface area contributed by atoms with Crippen molar-refractivity contribution in [2.24, 2.45) is 0 Å². The second-order valence-corrected chi connectivity index (χ2v) is 5.37. The zero-order valence-electron chi connectivity index (χ0n) is 11.7. The third-order valence-electron chi connectivity index (χ3n) is 3.23. The summed E-state index contributed by atoms with van der Waals surface area (Å²) in [6.45, 7) is 0. The Morgan fingerprint density at radius 3 is 2.62 bits per heavy atom. The van der Waals surface area contributed by atoms with E-state index in [-0.39, 0.29) is 0 Å². The minimum atomic E-state index is 0.598. The number of nitrogens with zero attached hydrogens (tertiary/aromatic N) is 4. The number of rotatable bonds is 3. The van der Waals surface area contributed by atoms with Crippen LogP contribution in [0.1, 0.15) is 5.56 Å². The molecule has 0 aliphatic heterocycles. The molecule has 104 valence electrons. The van der Waals surface area contributed by atoms with Gasteiger partial charge in [0.2, 0.25) is 5.95 Å². The topological polar surface area (TPSA) is 64.8 Å². The summed E-state index contributed by atoms with van der Waals surface area (Å²) in [5, 5.41) is 14.9. The Labute approximate surface area is 126 Å². The van der Waals surface area contributed by atoms with Gasteiger partial charge in [0, 0.05) is 19.8 Å². The fourth-order valence-corrected chi connectivity index (χ4v) is 2.85. The molecular formula is C15H13N5S. The molecule has 0 aliphatic carbocycles. The van der Waals surface area contributed by atoms with Crippen LogP contribution in [0.2, 0.25) is 0 Å². The third-order valence-corrected chi connectivity index (χ3v) is 4.04. The molecule has 0 aliphatic rings. The van der Waals surface area contributed by atoms with Gasteiger partial charge in [-0.2, -0.15) is 10.2 Å². The third kappa shape index (κ3) is 2.39. The largest absolute Gasteiger partial charge is 0.357 e. The van der Waals surface area contributed by atoms with Crippen LogP contribution in [-0.2, 0) is 0 Å². The Balaban J connectivity index is 2.09. The van der Waals surface area contributed by atoms with Gasteiger partial charge in [0.15, 0.2) is 0 Å². The van der Waals surface area contributed by atoms with Crippen molar-refractivity contribution in [3.63, 3.8) is 0 Å². The van der Waals surface area contributed by atoms with Crippen LogP contribution < -0.4 is 10.2 Å². The van der Waals surface area contributed by atoms with E-state index >= 15 is 0 Å². The summed E-state index contributed by atoms with van der Waals surface area (Å²) >= 11 is 1.59. The average Bonchev–Trinajstić information content (AvgIpc) is 3.01. The van der Waals surface area contributed by atoms with Gasteiger partial charge in [0.1, 0.15) is 10.6 Å². The molecule has 0 bridgehead atoms. The van der Waals surface area contributed by atoms with Crippen molar-refractivity contribution in [3.8, 4) is 6.07 Å². The minimum absolute atomic E-state index is 0.598. The van der Waals surface area contributed by atoms with Gasteiger partial charge in [0.05, 0.1) is 17.0 Å². The Kier molecular flexibility index (Phi) is 3.42. The minimum Gasteiger partial charge on any atom is -0.357 e. The molecule has 0 saturated heterocycles. The first kappa shape index (κ1) is 13.3. The van der Waals surface area contributed by atoms with E-state index in [1.54, 1.807) is 30.5 Å². The van der Waals surface area contributed by atoms with Crippen molar-refractivity contribution in [1.82, 2.24) is 9.97 Å². The van der Waals surface area contributed by atoms with Gasteiger partial charge in [-0.25, -0.2) is 4.98 Å². The van der Waals surface area contributed by atoms with E-state index in [9.17, 15) is 0 Å². The van der Waals surface area contributed by atoms with Crippen molar-refractivity contribution in [3.05, 3.63) is 41.3 Å². The van der Waals surface area contributed by atoms with Crippen LogP contribution in [0.4, 0.5) is 17.5 Å². The second kappa shape index (κ2) is 5.38. The molecule has 0 radical (unpaired) electrons. The van der Waals surface area contributed by atoms with Gasteiger partial charge in [0.25, 0.3) is 0 Å². The highest BCUT2D eigenvalue weighted by molar-refractivity contribution is 7.16. The number of aromatic nitrogens is 2. The summed E-state index contributed by atoms with van der Waals surface area (Å²) in [5.74, 6) is 1.44. The van der Waals surface area contributed by atoms with Crippen molar-refractivity contribution >= 4 is 39.0 Å². The second-order valence-electron chi connectivity index (χ2n) is 4.48. The van der Waals surface area contributed by atoms with Gasteiger partial charge in [-0.15, -0.1) is 11.3 Å². The first-order valence-corrected chi connectivity index (χ1v) is 7.28. The van der Waals surface area contributed by atoms with Crippen molar-refractivity contribution < 1.29 is 0 Å². The molecule has 0 spiro atoms. The molecule has 3 rings (SSSR count). The van der Waals surface area contributed by atoms with Crippen molar-refractivity contribution in [2.45, 2.75) is 0 Å². The molecule has 0 amide bonds. The standard InChI is InChI=1S/C15H13N5S/c1-17-15-18-13(12-7-8-21-14(12)19-15)20(2)11-5-3-10(9-16)4-6-11/h3-8H,1-2H3,(H,17,18,19).